The van der Waals surface area contributed by atoms with Crippen molar-refractivity contribution < 1.29 is 13.9 Å². The quantitative estimate of drug-likeness (QED) is 0.690. The highest BCUT2D eigenvalue weighted by molar-refractivity contribution is 7.07. The summed E-state index contributed by atoms with van der Waals surface area (Å²) < 4.78 is 18.2. The zero-order valence-electron chi connectivity index (χ0n) is 10.4. The molecule has 1 aromatic carbocycles. The fraction of sp³-hybridized carbons (Fsp3) is 0.231. The molecule has 0 amide bonds. The van der Waals surface area contributed by atoms with Gasteiger partial charge in [0.2, 0.25) is 0 Å². The van der Waals surface area contributed by atoms with Crippen LogP contribution in [-0.4, -0.2) is 18.1 Å². The number of carbonyl (C=O) groups excluding carboxylic acids is 1. The van der Waals surface area contributed by atoms with Crippen LogP contribution < -0.4 is 5.73 Å². The Balaban J connectivity index is 2.23. The predicted molar refractivity (Wildman–Crippen MR) is 71.7 cm³/mol. The van der Waals surface area contributed by atoms with E-state index in [0.29, 0.717) is 18.4 Å². The topological polar surface area (TPSA) is 65.2 Å². The number of hydrogen-bond acceptors (Lipinski definition) is 5. The van der Waals surface area contributed by atoms with Gasteiger partial charge in [0.15, 0.2) is 0 Å². The van der Waals surface area contributed by atoms with E-state index in [2.05, 4.69) is 9.72 Å². The number of ether oxygens (including phenoxy) is 1. The van der Waals surface area contributed by atoms with Crippen LogP contribution in [0.15, 0.2) is 23.0 Å². The molecule has 2 rings (SSSR count). The van der Waals surface area contributed by atoms with Crippen LogP contribution in [0.5, 0.6) is 0 Å². The zero-order chi connectivity index (χ0) is 13.8. The summed E-state index contributed by atoms with van der Waals surface area (Å²) in [6.07, 6.45) is 1.18. The van der Waals surface area contributed by atoms with Gasteiger partial charge >= 0.3 is 5.97 Å². The van der Waals surface area contributed by atoms with Gasteiger partial charge in [-0.15, -0.1) is 11.3 Å². The summed E-state index contributed by atoms with van der Waals surface area (Å²) in [5.41, 5.74) is 9.18. The first-order valence-corrected chi connectivity index (χ1v) is 6.59. The lowest BCUT2D eigenvalue weighted by atomic mass is 10.0. The van der Waals surface area contributed by atoms with Gasteiger partial charge in [-0.3, -0.25) is 0 Å². The van der Waals surface area contributed by atoms with Crippen molar-refractivity contribution in [3.8, 4) is 0 Å². The van der Waals surface area contributed by atoms with Crippen molar-refractivity contribution in [3.63, 3.8) is 0 Å². The van der Waals surface area contributed by atoms with E-state index in [0.717, 1.165) is 11.8 Å². The maximum Gasteiger partial charge on any atom is 0.337 e. The number of carbonyl (C=O) groups is 1. The van der Waals surface area contributed by atoms with Crippen LogP contribution >= 0.6 is 11.3 Å². The minimum atomic E-state index is -0.601. The Hall–Kier alpha value is -1.95. The van der Waals surface area contributed by atoms with Crippen LogP contribution in [0.4, 0.5) is 10.1 Å². The summed E-state index contributed by atoms with van der Waals surface area (Å²) in [7, 11) is 1.26. The number of benzene rings is 1. The fourth-order valence-electron chi connectivity index (χ4n) is 1.74. The molecule has 2 aromatic rings. The van der Waals surface area contributed by atoms with Crippen molar-refractivity contribution in [1.82, 2.24) is 4.98 Å². The standard InChI is InChI=1S/C13H13FN2O2S/c1-18-13(17)9-4-8(12(15)11(14)5-9)2-3-10-6-19-7-16-10/h4-7H,2-3,15H2,1H3. The summed E-state index contributed by atoms with van der Waals surface area (Å²) in [5.74, 6) is -1.18. The van der Waals surface area contributed by atoms with Gasteiger partial charge in [0.25, 0.3) is 0 Å². The number of hydrogen-bond donors (Lipinski definition) is 1. The monoisotopic (exact) mass is 280 g/mol. The number of rotatable bonds is 4. The first-order valence-electron chi connectivity index (χ1n) is 5.65. The second kappa shape index (κ2) is 5.79. The van der Waals surface area contributed by atoms with Crippen molar-refractivity contribution in [1.29, 1.82) is 0 Å². The molecule has 0 unspecified atom stereocenters. The maximum atomic E-state index is 13.7. The lowest BCUT2D eigenvalue weighted by molar-refractivity contribution is 0.0600. The molecular weight excluding hydrogens is 267 g/mol. The van der Waals surface area contributed by atoms with Crippen LogP contribution in [0.25, 0.3) is 0 Å². The molecule has 0 atom stereocenters. The fourth-order valence-corrected chi connectivity index (χ4v) is 2.33. The second-order valence-electron chi connectivity index (χ2n) is 4.00. The van der Waals surface area contributed by atoms with E-state index in [1.807, 2.05) is 5.38 Å². The van der Waals surface area contributed by atoms with E-state index < -0.39 is 11.8 Å². The molecule has 0 aliphatic carbocycles. The number of halogens is 1. The van der Waals surface area contributed by atoms with Crippen molar-refractivity contribution in [2.45, 2.75) is 12.8 Å². The summed E-state index contributed by atoms with van der Waals surface area (Å²) in [4.78, 5) is 15.6. The SMILES string of the molecule is COC(=O)c1cc(F)c(N)c(CCc2cscn2)c1. The number of nitrogen functional groups attached to an aromatic ring is 1. The van der Waals surface area contributed by atoms with Gasteiger partial charge in [-0.05, 0) is 30.5 Å². The first-order chi connectivity index (χ1) is 9.11. The Morgan fingerprint density at radius 3 is 2.89 bits per heavy atom. The molecule has 1 aromatic heterocycles. The number of thiazole rings is 1. The molecule has 0 bridgehead atoms. The number of esters is 1. The third-order valence-corrected chi connectivity index (χ3v) is 3.41. The van der Waals surface area contributed by atoms with Gasteiger partial charge in [-0.2, -0.15) is 0 Å². The highest BCUT2D eigenvalue weighted by Crippen LogP contribution is 2.21. The molecule has 0 saturated heterocycles. The molecule has 0 fully saturated rings. The van der Waals surface area contributed by atoms with Gasteiger partial charge in [-0.25, -0.2) is 14.2 Å². The van der Waals surface area contributed by atoms with Crippen LogP contribution in [0.1, 0.15) is 21.6 Å². The first kappa shape index (κ1) is 13.5. The van der Waals surface area contributed by atoms with E-state index >= 15 is 0 Å². The van der Waals surface area contributed by atoms with Gasteiger partial charge < -0.3 is 10.5 Å². The van der Waals surface area contributed by atoms with Crippen molar-refractivity contribution in [2.24, 2.45) is 0 Å². The van der Waals surface area contributed by atoms with Crippen molar-refractivity contribution in [2.75, 3.05) is 12.8 Å². The Morgan fingerprint density at radius 2 is 2.26 bits per heavy atom. The molecule has 0 aliphatic rings. The molecule has 0 saturated carbocycles. The van der Waals surface area contributed by atoms with Gasteiger partial charge in [0.05, 0.1) is 29.6 Å². The summed E-state index contributed by atoms with van der Waals surface area (Å²) in [6, 6.07) is 2.66. The van der Waals surface area contributed by atoms with Crippen LogP contribution in [0.3, 0.4) is 0 Å². The largest absolute Gasteiger partial charge is 0.465 e. The summed E-state index contributed by atoms with van der Waals surface area (Å²) >= 11 is 1.50. The number of anilines is 1. The Morgan fingerprint density at radius 1 is 1.47 bits per heavy atom. The molecule has 1 heterocycles. The predicted octanol–water partition coefficient (Wildman–Crippen LogP) is 2.44. The van der Waals surface area contributed by atoms with E-state index in [1.165, 1.54) is 18.4 Å². The van der Waals surface area contributed by atoms with E-state index in [4.69, 9.17) is 5.73 Å². The van der Waals surface area contributed by atoms with Crippen molar-refractivity contribution in [3.05, 3.63) is 45.7 Å². The molecule has 0 aliphatic heterocycles. The molecule has 0 spiro atoms. The molecule has 0 radical (unpaired) electrons. The third kappa shape index (κ3) is 3.08. The maximum absolute atomic E-state index is 13.7. The van der Waals surface area contributed by atoms with E-state index in [9.17, 15) is 9.18 Å². The lowest BCUT2D eigenvalue weighted by Gasteiger charge is -2.08. The molecule has 100 valence electrons. The highest BCUT2D eigenvalue weighted by Gasteiger charge is 2.13. The number of nitrogens with two attached hydrogens (primary N) is 1. The average molecular weight is 280 g/mol. The minimum absolute atomic E-state index is 0.0721. The van der Waals surface area contributed by atoms with E-state index in [1.54, 1.807) is 11.6 Å². The summed E-state index contributed by atoms with van der Waals surface area (Å²) in [5, 5.41) is 1.93. The lowest BCUT2D eigenvalue weighted by Crippen LogP contribution is -2.07. The molecule has 4 nitrogen and oxygen atoms in total. The van der Waals surface area contributed by atoms with Crippen LogP contribution in [0, 0.1) is 5.82 Å². The number of methoxy groups -OCH3 is 1. The zero-order valence-corrected chi connectivity index (χ0v) is 11.2. The molecule has 6 heteroatoms. The minimum Gasteiger partial charge on any atom is -0.465 e. The van der Waals surface area contributed by atoms with Crippen LogP contribution in [0.2, 0.25) is 0 Å². The highest BCUT2D eigenvalue weighted by atomic mass is 32.1. The average Bonchev–Trinajstić information content (AvgIpc) is 2.92. The smallest absolute Gasteiger partial charge is 0.337 e. The van der Waals surface area contributed by atoms with Crippen molar-refractivity contribution >= 4 is 23.0 Å². The number of aromatic nitrogens is 1. The summed E-state index contributed by atoms with van der Waals surface area (Å²) in [6.45, 7) is 0. The Bertz CT molecular complexity index is 585. The third-order valence-electron chi connectivity index (χ3n) is 2.77. The number of aryl methyl sites for hydroxylation is 2. The molecular formula is C13H13FN2O2S. The van der Waals surface area contributed by atoms with Crippen LogP contribution in [-0.2, 0) is 17.6 Å². The van der Waals surface area contributed by atoms with Gasteiger partial charge in [0.1, 0.15) is 5.82 Å². The molecule has 19 heavy (non-hydrogen) atoms. The Kier molecular flexibility index (Phi) is 4.11. The molecule has 2 N–H and O–H groups in total. The Labute approximate surface area is 114 Å². The van der Waals surface area contributed by atoms with E-state index in [-0.39, 0.29) is 11.3 Å². The van der Waals surface area contributed by atoms with Gasteiger partial charge in [0, 0.05) is 5.38 Å². The van der Waals surface area contributed by atoms with Gasteiger partial charge in [-0.1, -0.05) is 0 Å². The second-order valence-corrected chi connectivity index (χ2v) is 4.72. The normalized spacial score (nSPS) is 10.4. The number of nitrogens with zero attached hydrogens (tertiary/aromatic N) is 1.